The number of aryl methyl sites for hydroxylation is 1. The molecule has 0 aliphatic rings. The number of thiazole rings is 1. The normalized spacial score (nSPS) is 10.2. The van der Waals surface area contributed by atoms with E-state index in [0.29, 0.717) is 16.1 Å². The number of aromatic nitrogens is 1. The van der Waals surface area contributed by atoms with Crippen LogP contribution in [0.25, 0.3) is 0 Å². The molecule has 5 nitrogen and oxygen atoms in total. The largest absolute Gasteiger partial charge is 0.481 e. The van der Waals surface area contributed by atoms with Crippen molar-refractivity contribution in [2.24, 2.45) is 0 Å². The number of hydrogen-bond acceptors (Lipinski definition) is 4. The molecule has 6 heteroatoms. The maximum atomic E-state index is 12.0. The topological polar surface area (TPSA) is 79.3 Å². The van der Waals surface area contributed by atoms with Gasteiger partial charge in [-0.05, 0) is 18.6 Å². The number of nitrogens with zero attached hydrogens (tertiary/aromatic N) is 1. The van der Waals surface area contributed by atoms with Crippen molar-refractivity contribution in [3.05, 3.63) is 45.9 Å². The molecule has 0 aliphatic heterocycles. The Morgan fingerprint density at radius 3 is 2.74 bits per heavy atom. The van der Waals surface area contributed by atoms with Crippen molar-refractivity contribution >= 4 is 28.9 Å². The summed E-state index contributed by atoms with van der Waals surface area (Å²) in [5.41, 5.74) is 1.09. The Morgan fingerprint density at radius 1 is 1.37 bits per heavy atom. The molecule has 1 heterocycles. The Labute approximate surface area is 113 Å². The highest BCUT2D eigenvalue weighted by molar-refractivity contribution is 7.13. The summed E-state index contributed by atoms with van der Waals surface area (Å²) in [7, 11) is 0. The zero-order valence-electron chi connectivity index (χ0n) is 10.2. The van der Waals surface area contributed by atoms with Gasteiger partial charge in [0, 0.05) is 5.69 Å². The summed E-state index contributed by atoms with van der Waals surface area (Å²) >= 11 is 1.30. The summed E-state index contributed by atoms with van der Waals surface area (Å²) in [5.74, 6) is -1.21. The van der Waals surface area contributed by atoms with E-state index in [-0.39, 0.29) is 12.3 Å². The minimum Gasteiger partial charge on any atom is -0.481 e. The van der Waals surface area contributed by atoms with Crippen LogP contribution >= 0.6 is 11.3 Å². The Balaban J connectivity index is 2.19. The third-order valence-electron chi connectivity index (χ3n) is 2.45. The Morgan fingerprint density at radius 2 is 2.11 bits per heavy atom. The van der Waals surface area contributed by atoms with Gasteiger partial charge in [-0.25, -0.2) is 4.98 Å². The van der Waals surface area contributed by atoms with E-state index in [1.807, 2.05) is 6.92 Å². The maximum absolute atomic E-state index is 12.0. The van der Waals surface area contributed by atoms with Gasteiger partial charge < -0.3 is 10.4 Å². The number of carboxylic acid groups (broad SMARTS) is 1. The maximum Gasteiger partial charge on any atom is 0.307 e. The van der Waals surface area contributed by atoms with Crippen LogP contribution in [0.3, 0.4) is 0 Å². The first kappa shape index (κ1) is 13.2. The van der Waals surface area contributed by atoms with Crippen LogP contribution in [0.4, 0.5) is 5.69 Å². The van der Waals surface area contributed by atoms with Crippen LogP contribution < -0.4 is 5.32 Å². The monoisotopic (exact) mass is 276 g/mol. The summed E-state index contributed by atoms with van der Waals surface area (Å²) in [4.78, 5) is 27.3. The molecule has 0 saturated carbocycles. The van der Waals surface area contributed by atoms with Gasteiger partial charge in [0.05, 0.1) is 17.6 Å². The average molecular weight is 276 g/mol. The molecule has 0 atom stereocenters. The van der Waals surface area contributed by atoms with E-state index in [1.54, 1.807) is 24.3 Å². The van der Waals surface area contributed by atoms with Crippen LogP contribution in [-0.2, 0) is 11.2 Å². The highest BCUT2D eigenvalue weighted by Gasteiger charge is 2.12. The van der Waals surface area contributed by atoms with E-state index in [1.165, 1.54) is 17.5 Å². The predicted molar refractivity (Wildman–Crippen MR) is 72.6 cm³/mol. The average Bonchev–Trinajstić information content (AvgIpc) is 2.78. The number of amides is 1. The number of benzene rings is 1. The highest BCUT2D eigenvalue weighted by atomic mass is 32.1. The van der Waals surface area contributed by atoms with E-state index in [2.05, 4.69) is 10.3 Å². The van der Waals surface area contributed by atoms with Crippen LogP contribution in [0.1, 0.15) is 20.2 Å². The molecule has 1 amide bonds. The second-order valence-electron chi connectivity index (χ2n) is 3.93. The first-order valence-corrected chi connectivity index (χ1v) is 6.41. The zero-order chi connectivity index (χ0) is 13.8. The van der Waals surface area contributed by atoms with Gasteiger partial charge >= 0.3 is 5.97 Å². The smallest absolute Gasteiger partial charge is 0.307 e. The molecule has 0 unspecified atom stereocenters. The number of carbonyl (C=O) groups excluding carboxylic acids is 1. The minimum atomic E-state index is -0.935. The lowest BCUT2D eigenvalue weighted by Crippen LogP contribution is -2.13. The minimum absolute atomic E-state index is 0.127. The lowest BCUT2D eigenvalue weighted by molar-refractivity contribution is -0.136. The summed E-state index contributed by atoms with van der Waals surface area (Å²) in [5, 5.41) is 12.3. The summed E-state index contributed by atoms with van der Waals surface area (Å²) in [6.07, 6.45) is 1.38. The number of carbonyl (C=O) groups is 2. The molecule has 0 bridgehead atoms. The third-order valence-corrected chi connectivity index (χ3v) is 3.36. The van der Waals surface area contributed by atoms with Crippen molar-refractivity contribution in [3.8, 4) is 0 Å². The molecular weight excluding hydrogens is 264 g/mol. The van der Waals surface area contributed by atoms with Crippen LogP contribution in [0.2, 0.25) is 0 Å². The van der Waals surface area contributed by atoms with E-state index in [4.69, 9.17) is 5.11 Å². The van der Waals surface area contributed by atoms with Crippen molar-refractivity contribution in [1.29, 1.82) is 0 Å². The predicted octanol–water partition coefficient (Wildman–Crippen LogP) is 2.33. The summed E-state index contributed by atoms with van der Waals surface area (Å²) in [6.45, 7) is 1.82. The Kier molecular flexibility index (Phi) is 3.91. The molecule has 2 N–H and O–H groups in total. The molecule has 1 aromatic carbocycles. The van der Waals surface area contributed by atoms with Gasteiger partial charge in [0.2, 0.25) is 0 Å². The van der Waals surface area contributed by atoms with Crippen LogP contribution in [0.5, 0.6) is 0 Å². The first-order chi connectivity index (χ1) is 9.06. The van der Waals surface area contributed by atoms with Crippen LogP contribution in [0, 0.1) is 6.92 Å². The highest BCUT2D eigenvalue weighted by Crippen LogP contribution is 2.19. The van der Waals surface area contributed by atoms with Gasteiger partial charge in [-0.3, -0.25) is 9.59 Å². The summed E-state index contributed by atoms with van der Waals surface area (Å²) in [6, 6.07) is 6.86. The molecule has 0 saturated heterocycles. The fraction of sp³-hybridized carbons (Fsp3) is 0.154. The first-order valence-electron chi connectivity index (χ1n) is 5.60. The number of nitrogens with one attached hydrogen (secondary N) is 1. The quantitative estimate of drug-likeness (QED) is 0.898. The lowest BCUT2D eigenvalue weighted by Gasteiger charge is -2.08. The van der Waals surface area contributed by atoms with Gasteiger partial charge in [-0.15, -0.1) is 11.3 Å². The molecule has 1 aromatic heterocycles. The lowest BCUT2D eigenvalue weighted by atomic mass is 10.1. The van der Waals surface area contributed by atoms with Gasteiger partial charge in [-0.1, -0.05) is 18.2 Å². The molecule has 0 aliphatic carbocycles. The molecule has 2 rings (SSSR count). The van der Waals surface area contributed by atoms with E-state index < -0.39 is 5.97 Å². The van der Waals surface area contributed by atoms with E-state index >= 15 is 0 Å². The molecular formula is C13H12N2O3S. The number of hydrogen-bond donors (Lipinski definition) is 2. The van der Waals surface area contributed by atoms with Crippen molar-refractivity contribution < 1.29 is 14.7 Å². The number of carboxylic acids is 1. The molecule has 2 aromatic rings. The van der Waals surface area contributed by atoms with Gasteiger partial charge in [-0.2, -0.15) is 0 Å². The fourth-order valence-corrected chi connectivity index (χ4v) is 2.28. The zero-order valence-corrected chi connectivity index (χ0v) is 11.0. The second kappa shape index (κ2) is 5.62. The van der Waals surface area contributed by atoms with Gasteiger partial charge in [0.1, 0.15) is 4.88 Å². The SMILES string of the molecule is Cc1ncc(C(=O)Nc2ccccc2CC(=O)O)s1. The van der Waals surface area contributed by atoms with Crippen molar-refractivity contribution in [3.63, 3.8) is 0 Å². The van der Waals surface area contributed by atoms with E-state index in [0.717, 1.165) is 5.01 Å². The molecule has 19 heavy (non-hydrogen) atoms. The summed E-state index contributed by atoms with van der Waals surface area (Å²) < 4.78 is 0. The number of rotatable bonds is 4. The van der Waals surface area contributed by atoms with Crippen molar-refractivity contribution in [2.75, 3.05) is 5.32 Å². The fourth-order valence-electron chi connectivity index (χ4n) is 1.61. The third kappa shape index (κ3) is 3.38. The van der Waals surface area contributed by atoms with E-state index in [9.17, 15) is 9.59 Å². The van der Waals surface area contributed by atoms with Gasteiger partial charge in [0.25, 0.3) is 5.91 Å². The number of aliphatic carboxylic acids is 1. The molecule has 98 valence electrons. The standard InChI is InChI=1S/C13H12N2O3S/c1-8-14-7-11(19-8)13(18)15-10-5-3-2-4-9(10)6-12(16)17/h2-5,7H,6H2,1H3,(H,15,18)(H,16,17). The molecule has 0 fully saturated rings. The second-order valence-corrected chi connectivity index (χ2v) is 5.16. The number of anilines is 1. The van der Waals surface area contributed by atoms with Crippen molar-refractivity contribution in [2.45, 2.75) is 13.3 Å². The number of para-hydroxylation sites is 1. The van der Waals surface area contributed by atoms with Crippen LogP contribution in [-0.4, -0.2) is 22.0 Å². The van der Waals surface area contributed by atoms with Crippen molar-refractivity contribution in [1.82, 2.24) is 4.98 Å². The Hall–Kier alpha value is -2.21. The molecule has 0 spiro atoms. The Bertz CT molecular complexity index is 622. The molecule has 0 radical (unpaired) electrons. The van der Waals surface area contributed by atoms with Crippen LogP contribution in [0.15, 0.2) is 30.5 Å². The van der Waals surface area contributed by atoms with Gasteiger partial charge in [0.15, 0.2) is 0 Å².